The third-order valence-electron chi connectivity index (χ3n) is 3.62. The molecule has 0 aliphatic heterocycles. The predicted molar refractivity (Wildman–Crippen MR) is 87.6 cm³/mol. The first-order valence-corrected chi connectivity index (χ1v) is 8.62. The molecule has 1 aliphatic rings. The van der Waals surface area contributed by atoms with Gasteiger partial charge in [0, 0.05) is 37.1 Å². The third kappa shape index (κ3) is 3.20. The van der Waals surface area contributed by atoms with Crippen molar-refractivity contribution in [3.05, 3.63) is 37.3 Å². The van der Waals surface area contributed by atoms with Gasteiger partial charge in [-0.15, -0.1) is 11.3 Å². The van der Waals surface area contributed by atoms with Gasteiger partial charge in [-0.25, -0.2) is 0 Å². The van der Waals surface area contributed by atoms with Crippen molar-refractivity contribution in [2.24, 2.45) is 7.05 Å². The molecule has 1 unspecified atom stereocenters. The molecule has 1 aliphatic carbocycles. The first-order valence-electron chi connectivity index (χ1n) is 6.72. The van der Waals surface area contributed by atoms with E-state index in [2.05, 4.69) is 45.1 Å². The van der Waals surface area contributed by atoms with Gasteiger partial charge in [-0.05, 0) is 59.5 Å². The molecule has 102 valence electrons. The molecule has 0 spiro atoms. The number of aromatic nitrogens is 2. The summed E-state index contributed by atoms with van der Waals surface area (Å²) in [5, 5.41) is 8.12. The highest BCUT2D eigenvalue weighted by Gasteiger charge is 2.21. The lowest BCUT2D eigenvalue weighted by Gasteiger charge is -2.23. The van der Waals surface area contributed by atoms with Gasteiger partial charge in [0.25, 0.3) is 0 Å². The number of rotatable bonds is 4. The van der Waals surface area contributed by atoms with E-state index >= 15 is 0 Å². The number of nitrogens with one attached hydrogen (secondary N) is 1. The molecule has 2 aromatic rings. The summed E-state index contributed by atoms with van der Waals surface area (Å²) in [6, 6.07) is 5.01. The lowest BCUT2D eigenvalue weighted by atomic mass is 9.94. The fourth-order valence-corrected chi connectivity index (χ4v) is 4.82. The van der Waals surface area contributed by atoms with Crippen LogP contribution in [-0.4, -0.2) is 16.3 Å². The fraction of sp³-hybridized carbons (Fsp3) is 0.500. The average Bonchev–Trinajstić information content (AvgIpc) is 2.95. The molecular formula is C14H18IN3S. The van der Waals surface area contributed by atoms with Crippen molar-refractivity contribution in [3.8, 4) is 0 Å². The molecule has 1 N–H and O–H groups in total. The Morgan fingerprint density at radius 2 is 2.47 bits per heavy atom. The molecule has 0 saturated heterocycles. The van der Waals surface area contributed by atoms with Crippen LogP contribution in [0.2, 0.25) is 0 Å². The lowest BCUT2D eigenvalue weighted by molar-refractivity contribution is 0.465. The van der Waals surface area contributed by atoms with Crippen molar-refractivity contribution in [2.75, 3.05) is 6.54 Å². The molecule has 1 atom stereocenters. The van der Waals surface area contributed by atoms with Crippen molar-refractivity contribution in [1.29, 1.82) is 0 Å². The highest BCUT2D eigenvalue weighted by molar-refractivity contribution is 14.1. The Bertz CT molecular complexity index is 561. The van der Waals surface area contributed by atoms with E-state index in [0.29, 0.717) is 6.04 Å². The summed E-state index contributed by atoms with van der Waals surface area (Å²) in [6.07, 6.45) is 6.86. The minimum absolute atomic E-state index is 0.548. The molecular weight excluding hydrogens is 369 g/mol. The quantitative estimate of drug-likeness (QED) is 0.816. The van der Waals surface area contributed by atoms with Crippen LogP contribution in [0.5, 0.6) is 0 Å². The van der Waals surface area contributed by atoms with Crippen LogP contribution in [0.4, 0.5) is 0 Å². The lowest BCUT2D eigenvalue weighted by Crippen LogP contribution is -2.26. The molecule has 2 heterocycles. The van der Waals surface area contributed by atoms with E-state index < -0.39 is 0 Å². The van der Waals surface area contributed by atoms with Gasteiger partial charge < -0.3 is 5.32 Å². The monoisotopic (exact) mass is 387 g/mol. The maximum atomic E-state index is 4.42. The van der Waals surface area contributed by atoms with Crippen molar-refractivity contribution in [3.63, 3.8) is 0 Å². The zero-order chi connectivity index (χ0) is 13.2. The van der Waals surface area contributed by atoms with Gasteiger partial charge >= 0.3 is 0 Å². The van der Waals surface area contributed by atoms with Crippen LogP contribution in [0.25, 0.3) is 0 Å². The van der Waals surface area contributed by atoms with Crippen molar-refractivity contribution >= 4 is 33.9 Å². The van der Waals surface area contributed by atoms with Crippen molar-refractivity contribution in [1.82, 2.24) is 15.1 Å². The second kappa shape index (κ2) is 5.93. The summed E-state index contributed by atoms with van der Waals surface area (Å²) >= 11 is 4.40. The van der Waals surface area contributed by atoms with E-state index in [1.54, 1.807) is 10.4 Å². The Balaban J connectivity index is 1.59. The number of thiophene rings is 1. The smallest absolute Gasteiger partial charge is 0.0659 e. The standard InChI is InChI=1S/C14H18IN3S/c1-18-8-6-10(17-18)5-7-16-12-3-2-4-13-11(12)9-14(15)19-13/h6,8-9,12,16H,2-5,7H2,1H3. The van der Waals surface area contributed by atoms with E-state index in [9.17, 15) is 0 Å². The largest absolute Gasteiger partial charge is 0.310 e. The van der Waals surface area contributed by atoms with Crippen LogP contribution in [0, 0.1) is 2.88 Å². The molecule has 2 aromatic heterocycles. The van der Waals surface area contributed by atoms with E-state index in [1.807, 2.05) is 29.3 Å². The first-order chi connectivity index (χ1) is 9.22. The van der Waals surface area contributed by atoms with E-state index in [1.165, 1.54) is 27.8 Å². The number of halogens is 1. The summed E-state index contributed by atoms with van der Waals surface area (Å²) in [6.45, 7) is 1.01. The van der Waals surface area contributed by atoms with Gasteiger partial charge in [-0.2, -0.15) is 5.10 Å². The first kappa shape index (κ1) is 13.6. The number of fused-ring (bicyclic) bond motifs is 1. The zero-order valence-corrected chi connectivity index (χ0v) is 14.0. The Hall–Kier alpha value is -0.400. The third-order valence-corrected chi connectivity index (χ3v) is 5.60. The zero-order valence-electron chi connectivity index (χ0n) is 11.0. The van der Waals surface area contributed by atoms with E-state index in [-0.39, 0.29) is 0 Å². The second-order valence-electron chi connectivity index (χ2n) is 5.06. The summed E-state index contributed by atoms with van der Waals surface area (Å²) in [5.74, 6) is 0. The van der Waals surface area contributed by atoms with Crippen LogP contribution in [-0.2, 0) is 19.9 Å². The molecule has 0 saturated carbocycles. The second-order valence-corrected chi connectivity index (χ2v) is 8.09. The Morgan fingerprint density at radius 1 is 1.58 bits per heavy atom. The van der Waals surface area contributed by atoms with Crippen molar-refractivity contribution < 1.29 is 0 Å². The summed E-state index contributed by atoms with van der Waals surface area (Å²) < 4.78 is 3.29. The number of nitrogens with zero attached hydrogens (tertiary/aromatic N) is 2. The molecule has 0 amide bonds. The summed E-state index contributed by atoms with van der Waals surface area (Å²) in [4.78, 5) is 1.59. The molecule has 19 heavy (non-hydrogen) atoms. The number of hydrogen-bond acceptors (Lipinski definition) is 3. The fourth-order valence-electron chi connectivity index (χ4n) is 2.70. The van der Waals surface area contributed by atoms with Crippen LogP contribution in [0.15, 0.2) is 18.3 Å². The van der Waals surface area contributed by atoms with Gasteiger partial charge in [-0.3, -0.25) is 4.68 Å². The van der Waals surface area contributed by atoms with Crippen LogP contribution in [0.3, 0.4) is 0 Å². The number of hydrogen-bond donors (Lipinski definition) is 1. The minimum atomic E-state index is 0.548. The topological polar surface area (TPSA) is 29.9 Å². The van der Waals surface area contributed by atoms with Crippen molar-refractivity contribution in [2.45, 2.75) is 31.7 Å². The Morgan fingerprint density at radius 3 is 3.26 bits per heavy atom. The Labute approximate surface area is 131 Å². The van der Waals surface area contributed by atoms with Gasteiger partial charge in [0.2, 0.25) is 0 Å². The van der Waals surface area contributed by atoms with E-state index in [0.717, 1.165) is 13.0 Å². The molecule has 0 radical (unpaired) electrons. The highest BCUT2D eigenvalue weighted by atomic mass is 127. The van der Waals surface area contributed by atoms with Crippen LogP contribution in [0.1, 0.15) is 35.0 Å². The Kier molecular flexibility index (Phi) is 4.24. The summed E-state index contributed by atoms with van der Waals surface area (Å²) in [7, 11) is 1.97. The van der Waals surface area contributed by atoms with Crippen LogP contribution < -0.4 is 5.32 Å². The average molecular weight is 387 g/mol. The normalized spacial score (nSPS) is 18.5. The molecule has 0 bridgehead atoms. The molecule has 5 heteroatoms. The van der Waals surface area contributed by atoms with Gasteiger partial charge in [0.1, 0.15) is 0 Å². The molecule has 3 rings (SSSR count). The predicted octanol–water partition coefficient (Wildman–Crippen LogP) is 3.30. The SMILES string of the molecule is Cn1ccc(CCNC2CCCc3sc(I)cc32)n1. The maximum absolute atomic E-state index is 4.42. The molecule has 0 fully saturated rings. The highest BCUT2D eigenvalue weighted by Crippen LogP contribution is 2.36. The molecule has 3 nitrogen and oxygen atoms in total. The number of aryl methyl sites for hydroxylation is 2. The van der Waals surface area contributed by atoms with Gasteiger partial charge in [-0.1, -0.05) is 0 Å². The summed E-state index contributed by atoms with van der Waals surface area (Å²) in [5.41, 5.74) is 2.72. The van der Waals surface area contributed by atoms with Crippen LogP contribution >= 0.6 is 33.9 Å². The van der Waals surface area contributed by atoms with Gasteiger partial charge in [0.15, 0.2) is 0 Å². The van der Waals surface area contributed by atoms with E-state index in [4.69, 9.17) is 0 Å². The maximum Gasteiger partial charge on any atom is 0.0659 e. The van der Waals surface area contributed by atoms with Gasteiger partial charge in [0.05, 0.1) is 8.58 Å². The minimum Gasteiger partial charge on any atom is -0.310 e. The molecule has 0 aromatic carbocycles.